The lowest BCUT2D eigenvalue weighted by Gasteiger charge is -2.33. The molecule has 1 amide bonds. The lowest BCUT2D eigenvalue weighted by Crippen LogP contribution is -2.39. The first-order valence-electron chi connectivity index (χ1n) is 9.69. The van der Waals surface area contributed by atoms with Crippen LogP contribution in [0.5, 0.6) is 11.5 Å². The molecular formula is C21H24N2O5S2. The average molecular weight is 449 g/mol. The zero-order valence-electron chi connectivity index (χ0n) is 17.0. The first kappa shape index (κ1) is 20.9. The van der Waals surface area contributed by atoms with Gasteiger partial charge < -0.3 is 14.4 Å². The topological polar surface area (TPSA) is 84.9 Å². The number of anilines is 2. The van der Waals surface area contributed by atoms with Gasteiger partial charge >= 0.3 is 0 Å². The van der Waals surface area contributed by atoms with E-state index in [1.54, 1.807) is 53.1 Å². The first-order valence-corrected chi connectivity index (χ1v) is 12.1. The van der Waals surface area contributed by atoms with E-state index < -0.39 is 10.0 Å². The summed E-state index contributed by atoms with van der Waals surface area (Å²) in [7, 11) is -0.846. The van der Waals surface area contributed by atoms with Gasteiger partial charge in [-0.1, -0.05) is 6.92 Å². The van der Waals surface area contributed by atoms with Crippen molar-refractivity contribution in [1.29, 1.82) is 0 Å². The second-order valence-corrected chi connectivity index (χ2v) is 10.6. The van der Waals surface area contributed by atoms with E-state index in [0.29, 0.717) is 29.4 Å². The van der Waals surface area contributed by atoms with Crippen molar-refractivity contribution >= 4 is 39.1 Å². The van der Waals surface area contributed by atoms with Crippen molar-refractivity contribution in [2.24, 2.45) is 5.92 Å². The summed E-state index contributed by atoms with van der Waals surface area (Å²) in [6, 6.07) is 9.76. The van der Waals surface area contributed by atoms with Gasteiger partial charge in [-0.05, 0) is 43.2 Å². The minimum atomic E-state index is -3.85. The minimum absolute atomic E-state index is 0.0679. The molecule has 1 aliphatic heterocycles. The van der Waals surface area contributed by atoms with Crippen molar-refractivity contribution in [3.05, 3.63) is 36.4 Å². The number of rotatable bonds is 6. The van der Waals surface area contributed by atoms with Gasteiger partial charge in [0.1, 0.15) is 0 Å². The highest BCUT2D eigenvalue weighted by molar-refractivity contribution is 8.00. The molecule has 7 nitrogen and oxygen atoms in total. The minimum Gasteiger partial charge on any atom is -0.493 e. The fraction of sp³-hybridized carbons (Fsp3) is 0.381. The van der Waals surface area contributed by atoms with Crippen LogP contribution in [0.3, 0.4) is 0 Å². The second-order valence-electron chi connectivity index (χ2n) is 7.46. The Hall–Kier alpha value is -2.39. The highest BCUT2D eigenvalue weighted by atomic mass is 32.2. The summed E-state index contributed by atoms with van der Waals surface area (Å²) in [6.45, 7) is 2.66. The quantitative estimate of drug-likeness (QED) is 0.725. The number of fused-ring (bicyclic) bond motifs is 1. The molecule has 0 aromatic heterocycles. The van der Waals surface area contributed by atoms with Crippen LogP contribution in [0.15, 0.2) is 46.2 Å². The van der Waals surface area contributed by atoms with Crippen LogP contribution in [0.25, 0.3) is 0 Å². The fourth-order valence-corrected chi connectivity index (χ4v) is 5.62. The van der Waals surface area contributed by atoms with Crippen molar-refractivity contribution in [2.75, 3.05) is 30.4 Å². The van der Waals surface area contributed by atoms with Gasteiger partial charge in [0.2, 0.25) is 5.91 Å². The van der Waals surface area contributed by atoms with Crippen molar-refractivity contribution in [3.8, 4) is 11.5 Å². The Balaban J connectivity index is 1.65. The molecule has 1 atom stereocenters. The summed E-state index contributed by atoms with van der Waals surface area (Å²) in [4.78, 5) is 15.6. The lowest BCUT2D eigenvalue weighted by atomic mass is 10.2. The summed E-state index contributed by atoms with van der Waals surface area (Å²) in [5, 5.41) is 0.257. The van der Waals surface area contributed by atoms with E-state index in [1.807, 2.05) is 0 Å². The summed E-state index contributed by atoms with van der Waals surface area (Å²) in [5.74, 6) is 1.09. The zero-order chi connectivity index (χ0) is 21.5. The Morgan fingerprint density at radius 3 is 2.50 bits per heavy atom. The SMILES string of the molecule is COc1ccc(NS(=O)(=O)c2ccc3c(c2)N(C(=O)C2CC2)C[C@H](C)S3)cc1OC. The van der Waals surface area contributed by atoms with Crippen molar-refractivity contribution in [1.82, 2.24) is 0 Å². The van der Waals surface area contributed by atoms with Gasteiger partial charge in [0.25, 0.3) is 10.0 Å². The number of nitrogens with one attached hydrogen (secondary N) is 1. The van der Waals surface area contributed by atoms with Crippen LogP contribution >= 0.6 is 11.8 Å². The molecule has 1 aliphatic carbocycles. The third-order valence-corrected chi connectivity index (χ3v) is 7.66. The molecule has 0 bridgehead atoms. The van der Waals surface area contributed by atoms with E-state index in [2.05, 4.69) is 11.6 Å². The summed E-state index contributed by atoms with van der Waals surface area (Å²) in [6.07, 6.45) is 1.82. The number of hydrogen-bond donors (Lipinski definition) is 1. The molecule has 4 rings (SSSR count). The van der Waals surface area contributed by atoms with Crippen molar-refractivity contribution in [3.63, 3.8) is 0 Å². The van der Waals surface area contributed by atoms with Gasteiger partial charge in [0.15, 0.2) is 11.5 Å². The van der Waals surface area contributed by atoms with Crippen LogP contribution in [0.2, 0.25) is 0 Å². The molecule has 1 saturated carbocycles. The summed E-state index contributed by atoms with van der Waals surface area (Å²) in [5.41, 5.74) is 1.03. The van der Waals surface area contributed by atoms with Gasteiger partial charge in [-0.3, -0.25) is 9.52 Å². The molecule has 1 heterocycles. The Bertz CT molecular complexity index is 1080. The number of sulfonamides is 1. The molecule has 2 aromatic rings. The van der Waals surface area contributed by atoms with Crippen LogP contribution in [0.1, 0.15) is 19.8 Å². The standard InChI is InChI=1S/C21H24N2O5S2/c1-13-12-23(21(24)14-4-5-14)17-11-16(7-9-20(17)29-13)30(25,26)22-15-6-8-18(27-2)19(10-15)28-3/h6-11,13-14,22H,4-5,12H2,1-3H3/t13-/m0/s1. The molecule has 9 heteroatoms. The molecular weight excluding hydrogens is 424 g/mol. The maximum atomic E-state index is 13.0. The molecule has 0 spiro atoms. The van der Waals surface area contributed by atoms with Crippen molar-refractivity contribution in [2.45, 2.75) is 34.8 Å². The largest absolute Gasteiger partial charge is 0.493 e. The number of carbonyl (C=O) groups excluding carboxylic acids is 1. The van der Waals surface area contributed by atoms with Crippen LogP contribution < -0.4 is 19.1 Å². The zero-order valence-corrected chi connectivity index (χ0v) is 18.7. The smallest absolute Gasteiger partial charge is 0.261 e. The fourth-order valence-electron chi connectivity index (χ4n) is 3.46. The van der Waals surface area contributed by atoms with E-state index in [-0.39, 0.29) is 22.0 Å². The maximum Gasteiger partial charge on any atom is 0.261 e. The van der Waals surface area contributed by atoms with Crippen LogP contribution in [0, 0.1) is 5.92 Å². The number of ether oxygens (including phenoxy) is 2. The lowest BCUT2D eigenvalue weighted by molar-refractivity contribution is -0.119. The van der Waals surface area contributed by atoms with E-state index in [1.165, 1.54) is 14.2 Å². The molecule has 2 aliphatic rings. The summed E-state index contributed by atoms with van der Waals surface area (Å²) >= 11 is 1.66. The average Bonchev–Trinajstić information content (AvgIpc) is 3.57. The van der Waals surface area contributed by atoms with Crippen LogP contribution in [0.4, 0.5) is 11.4 Å². The molecule has 160 valence electrons. The Kier molecular flexibility index (Phi) is 5.59. The molecule has 0 saturated heterocycles. The van der Waals surface area contributed by atoms with E-state index >= 15 is 0 Å². The predicted octanol–water partition coefficient (Wildman–Crippen LogP) is 3.74. The van der Waals surface area contributed by atoms with Gasteiger partial charge in [0, 0.05) is 28.7 Å². The first-order chi connectivity index (χ1) is 14.3. The summed E-state index contributed by atoms with van der Waals surface area (Å²) < 4.78 is 39.1. The molecule has 0 unspecified atom stereocenters. The number of carbonyl (C=O) groups is 1. The van der Waals surface area contributed by atoms with Gasteiger partial charge in [-0.25, -0.2) is 8.42 Å². The number of hydrogen-bond acceptors (Lipinski definition) is 6. The molecule has 2 aromatic carbocycles. The number of benzene rings is 2. The highest BCUT2D eigenvalue weighted by Crippen LogP contribution is 2.43. The molecule has 1 N–H and O–H groups in total. The van der Waals surface area contributed by atoms with Gasteiger partial charge in [-0.2, -0.15) is 0 Å². The molecule has 1 fully saturated rings. The maximum absolute atomic E-state index is 13.0. The Labute approximate surface area is 180 Å². The molecule has 30 heavy (non-hydrogen) atoms. The number of amides is 1. The number of methoxy groups -OCH3 is 2. The normalized spacial score (nSPS) is 18.5. The Morgan fingerprint density at radius 1 is 1.10 bits per heavy atom. The highest BCUT2D eigenvalue weighted by Gasteiger charge is 2.37. The van der Waals surface area contributed by atoms with Gasteiger partial charge in [-0.15, -0.1) is 11.8 Å². The monoisotopic (exact) mass is 448 g/mol. The third-order valence-electron chi connectivity index (χ3n) is 5.13. The number of nitrogens with zero attached hydrogens (tertiary/aromatic N) is 1. The number of thioether (sulfide) groups is 1. The van der Waals surface area contributed by atoms with Gasteiger partial charge in [0.05, 0.1) is 30.5 Å². The molecule has 0 radical (unpaired) electrons. The van der Waals surface area contributed by atoms with E-state index in [0.717, 1.165) is 17.7 Å². The van der Waals surface area contributed by atoms with Crippen LogP contribution in [-0.4, -0.2) is 40.3 Å². The van der Waals surface area contributed by atoms with Crippen molar-refractivity contribution < 1.29 is 22.7 Å². The Morgan fingerprint density at radius 2 is 1.83 bits per heavy atom. The predicted molar refractivity (Wildman–Crippen MR) is 117 cm³/mol. The second kappa shape index (κ2) is 8.03. The van der Waals surface area contributed by atoms with E-state index in [4.69, 9.17) is 9.47 Å². The third kappa shape index (κ3) is 4.09. The van der Waals surface area contributed by atoms with E-state index in [9.17, 15) is 13.2 Å². The van der Waals surface area contributed by atoms with Crippen LogP contribution in [-0.2, 0) is 14.8 Å².